The van der Waals surface area contributed by atoms with Crippen LogP contribution in [0.5, 0.6) is 0 Å². The van der Waals surface area contributed by atoms with Gasteiger partial charge >= 0.3 is 6.18 Å². The Morgan fingerprint density at radius 2 is 2.08 bits per heavy atom. The topological polar surface area (TPSA) is 49.9 Å². The summed E-state index contributed by atoms with van der Waals surface area (Å²) in [5.74, 6) is 0. The van der Waals surface area contributed by atoms with Crippen molar-refractivity contribution < 1.29 is 13.2 Å². The summed E-state index contributed by atoms with van der Waals surface area (Å²) in [7, 11) is 0. The fraction of sp³-hybridized carbons (Fsp3) is 0.571. The quantitative estimate of drug-likeness (QED) is 0.640. The fourth-order valence-electron chi connectivity index (χ4n) is 0.622. The predicted octanol–water partition coefficient (Wildman–Crippen LogP) is 1.86. The van der Waals surface area contributed by atoms with Gasteiger partial charge in [0, 0.05) is 12.1 Å². The highest BCUT2D eigenvalue weighted by molar-refractivity contribution is 5.92. The van der Waals surface area contributed by atoms with E-state index in [9.17, 15) is 13.2 Å². The van der Waals surface area contributed by atoms with E-state index >= 15 is 0 Å². The molecule has 0 bridgehead atoms. The van der Waals surface area contributed by atoms with Crippen LogP contribution >= 0.6 is 0 Å². The molecule has 0 spiro atoms. The first-order valence-electron chi connectivity index (χ1n) is 3.40. The molecule has 0 rings (SSSR count). The molecule has 0 aromatic rings. The van der Waals surface area contributed by atoms with Crippen molar-refractivity contribution in [2.24, 2.45) is 5.73 Å². The molecular formula is C7H11F3N2. The zero-order valence-electron chi connectivity index (χ0n) is 6.65. The van der Waals surface area contributed by atoms with Crippen LogP contribution in [0.15, 0.2) is 12.2 Å². The fourth-order valence-corrected chi connectivity index (χ4v) is 0.622. The van der Waals surface area contributed by atoms with Crippen LogP contribution in [-0.2, 0) is 0 Å². The number of rotatable bonds is 3. The minimum absolute atomic E-state index is 0.109. The van der Waals surface area contributed by atoms with Gasteiger partial charge in [-0.15, -0.1) is 0 Å². The molecule has 1 atom stereocenters. The zero-order valence-corrected chi connectivity index (χ0v) is 6.65. The Labute approximate surface area is 68.8 Å². The number of allylic oxidation sites excluding steroid dienone is 2. The van der Waals surface area contributed by atoms with Gasteiger partial charge in [-0.2, -0.15) is 13.2 Å². The molecule has 3 N–H and O–H groups in total. The van der Waals surface area contributed by atoms with Gasteiger partial charge in [0.2, 0.25) is 0 Å². The van der Waals surface area contributed by atoms with E-state index in [1.807, 2.05) is 0 Å². The molecule has 12 heavy (non-hydrogen) atoms. The maximum Gasteiger partial charge on any atom is 0.404 e. The van der Waals surface area contributed by atoms with E-state index in [0.717, 1.165) is 0 Å². The maximum absolute atomic E-state index is 11.8. The van der Waals surface area contributed by atoms with E-state index in [1.54, 1.807) is 6.92 Å². The van der Waals surface area contributed by atoms with Crippen molar-refractivity contribution in [3.05, 3.63) is 12.2 Å². The van der Waals surface area contributed by atoms with Gasteiger partial charge in [-0.05, 0) is 13.0 Å². The second kappa shape index (κ2) is 4.25. The Hall–Kier alpha value is -0.840. The Morgan fingerprint density at radius 1 is 1.58 bits per heavy atom. The standard InChI is InChI=1S/C7H11F3N2/c1-2-3-5(11)4-6(12)7(8,9)10/h2-3,6,11H,4,12H2,1H3/b3-2+,11-5?. The van der Waals surface area contributed by atoms with Crippen molar-refractivity contribution in [1.29, 1.82) is 5.41 Å². The lowest BCUT2D eigenvalue weighted by Gasteiger charge is -2.14. The summed E-state index contributed by atoms with van der Waals surface area (Å²) in [5, 5.41) is 7.03. The lowest BCUT2D eigenvalue weighted by Crippen LogP contribution is -2.38. The summed E-state index contributed by atoms with van der Waals surface area (Å²) in [4.78, 5) is 0. The average molecular weight is 180 g/mol. The van der Waals surface area contributed by atoms with E-state index in [0.29, 0.717) is 0 Å². The zero-order chi connectivity index (χ0) is 9.78. The summed E-state index contributed by atoms with van der Waals surface area (Å²) in [6, 6.07) is -1.93. The van der Waals surface area contributed by atoms with Gasteiger partial charge < -0.3 is 11.1 Å². The third-order valence-corrected chi connectivity index (χ3v) is 1.23. The molecule has 70 valence electrons. The van der Waals surface area contributed by atoms with E-state index < -0.39 is 18.6 Å². The second-order valence-corrected chi connectivity index (χ2v) is 2.38. The van der Waals surface area contributed by atoms with Crippen LogP contribution in [0.3, 0.4) is 0 Å². The molecule has 0 saturated heterocycles. The SMILES string of the molecule is C/C=C/C(=N)CC(N)C(F)(F)F. The van der Waals surface area contributed by atoms with Crippen LogP contribution in [0.2, 0.25) is 0 Å². The largest absolute Gasteiger partial charge is 0.404 e. The van der Waals surface area contributed by atoms with Gasteiger partial charge in [-0.3, -0.25) is 0 Å². The monoisotopic (exact) mass is 180 g/mol. The van der Waals surface area contributed by atoms with Gasteiger partial charge in [-0.25, -0.2) is 0 Å². The average Bonchev–Trinajstić information content (AvgIpc) is 1.85. The van der Waals surface area contributed by atoms with Gasteiger partial charge in [0.1, 0.15) is 6.04 Å². The molecule has 0 aliphatic carbocycles. The Morgan fingerprint density at radius 3 is 2.42 bits per heavy atom. The Bertz CT molecular complexity index is 184. The van der Waals surface area contributed by atoms with Crippen LogP contribution in [0.1, 0.15) is 13.3 Å². The normalized spacial score (nSPS) is 15.1. The molecule has 0 aromatic heterocycles. The van der Waals surface area contributed by atoms with Crippen molar-refractivity contribution in [2.45, 2.75) is 25.6 Å². The predicted molar refractivity (Wildman–Crippen MR) is 41.2 cm³/mol. The van der Waals surface area contributed by atoms with Gasteiger partial charge in [0.15, 0.2) is 0 Å². The molecule has 5 heteroatoms. The van der Waals surface area contributed by atoms with Crippen LogP contribution < -0.4 is 5.73 Å². The molecule has 0 heterocycles. The van der Waals surface area contributed by atoms with Gasteiger partial charge in [-0.1, -0.05) is 6.08 Å². The second-order valence-electron chi connectivity index (χ2n) is 2.38. The summed E-state index contributed by atoms with van der Waals surface area (Å²) in [5.41, 5.74) is 4.67. The molecule has 0 saturated carbocycles. The summed E-state index contributed by atoms with van der Waals surface area (Å²) >= 11 is 0. The van der Waals surface area contributed by atoms with Crippen LogP contribution in [-0.4, -0.2) is 17.9 Å². The molecule has 1 unspecified atom stereocenters. The van der Waals surface area contributed by atoms with Crippen LogP contribution in [0.4, 0.5) is 13.2 Å². The van der Waals surface area contributed by atoms with Gasteiger partial charge in [0.25, 0.3) is 0 Å². The number of alkyl halides is 3. The third kappa shape index (κ3) is 4.12. The van der Waals surface area contributed by atoms with Crippen LogP contribution in [0.25, 0.3) is 0 Å². The molecule has 2 nitrogen and oxygen atoms in total. The number of nitrogens with one attached hydrogen (secondary N) is 1. The molecule has 0 aliphatic heterocycles. The van der Waals surface area contributed by atoms with Crippen LogP contribution in [0, 0.1) is 5.41 Å². The Kier molecular flexibility index (Phi) is 3.95. The smallest absolute Gasteiger partial charge is 0.320 e. The molecular weight excluding hydrogens is 169 g/mol. The van der Waals surface area contributed by atoms with Crippen molar-refractivity contribution in [1.82, 2.24) is 0 Å². The molecule has 0 aliphatic rings. The van der Waals surface area contributed by atoms with E-state index in [2.05, 4.69) is 0 Å². The summed E-state index contributed by atoms with van der Waals surface area (Å²) < 4.78 is 35.4. The molecule has 0 fully saturated rings. The van der Waals surface area contributed by atoms with Crippen molar-refractivity contribution in [3.63, 3.8) is 0 Å². The number of hydrogen-bond acceptors (Lipinski definition) is 2. The first kappa shape index (κ1) is 11.2. The maximum atomic E-state index is 11.8. The number of hydrogen-bond donors (Lipinski definition) is 2. The van der Waals surface area contributed by atoms with E-state index in [4.69, 9.17) is 11.1 Å². The third-order valence-electron chi connectivity index (χ3n) is 1.23. The first-order chi connectivity index (χ1) is 5.38. The van der Waals surface area contributed by atoms with Crippen molar-refractivity contribution in [2.75, 3.05) is 0 Å². The highest BCUT2D eigenvalue weighted by atomic mass is 19.4. The molecule has 0 radical (unpaired) electrons. The van der Waals surface area contributed by atoms with E-state index in [1.165, 1.54) is 12.2 Å². The Balaban J connectivity index is 4.01. The molecule has 0 aromatic carbocycles. The van der Waals surface area contributed by atoms with Crippen molar-refractivity contribution in [3.8, 4) is 0 Å². The minimum atomic E-state index is -4.41. The lowest BCUT2D eigenvalue weighted by atomic mass is 10.1. The highest BCUT2D eigenvalue weighted by Gasteiger charge is 2.36. The summed E-state index contributed by atoms with van der Waals surface area (Å²) in [6.45, 7) is 1.63. The highest BCUT2D eigenvalue weighted by Crippen LogP contribution is 2.20. The minimum Gasteiger partial charge on any atom is -0.320 e. The number of halogens is 3. The number of nitrogens with two attached hydrogens (primary N) is 1. The lowest BCUT2D eigenvalue weighted by molar-refractivity contribution is -0.145. The van der Waals surface area contributed by atoms with E-state index in [-0.39, 0.29) is 5.71 Å². The molecule has 0 amide bonds. The van der Waals surface area contributed by atoms with Gasteiger partial charge in [0.05, 0.1) is 0 Å². The van der Waals surface area contributed by atoms with Crippen molar-refractivity contribution >= 4 is 5.71 Å². The summed E-state index contributed by atoms with van der Waals surface area (Å²) in [6.07, 6.45) is -2.07. The first-order valence-corrected chi connectivity index (χ1v) is 3.40.